The first-order valence-corrected chi connectivity index (χ1v) is 14.8. The van der Waals surface area contributed by atoms with Crippen molar-refractivity contribution in [1.29, 1.82) is 0 Å². The van der Waals surface area contributed by atoms with Crippen molar-refractivity contribution in [2.45, 2.75) is 32.2 Å². The number of aromatic nitrogens is 3. The second-order valence-electron chi connectivity index (χ2n) is 10.3. The molecule has 1 aliphatic heterocycles. The third kappa shape index (κ3) is 8.57. The van der Waals surface area contributed by atoms with Gasteiger partial charge in [-0.2, -0.15) is 4.98 Å². The summed E-state index contributed by atoms with van der Waals surface area (Å²) in [7, 11) is 3.10. The highest BCUT2D eigenvalue weighted by Gasteiger charge is 2.23. The molecule has 0 bridgehead atoms. The Hall–Kier alpha value is -4.90. The lowest BCUT2D eigenvalue weighted by molar-refractivity contribution is 0.205. The van der Waals surface area contributed by atoms with E-state index in [1.54, 1.807) is 37.7 Å². The third-order valence-corrected chi connectivity index (χ3v) is 7.23. The van der Waals surface area contributed by atoms with Crippen LogP contribution in [0.1, 0.15) is 31.2 Å². The van der Waals surface area contributed by atoms with Crippen molar-refractivity contribution in [3.05, 3.63) is 84.8 Å². The van der Waals surface area contributed by atoms with Gasteiger partial charge >= 0.3 is 6.09 Å². The molecule has 1 amide bonds. The molecule has 2 aromatic heterocycles. The maximum absolute atomic E-state index is 13.5. The summed E-state index contributed by atoms with van der Waals surface area (Å²) in [6.07, 6.45) is 9.19. The zero-order chi connectivity index (χ0) is 30.6. The maximum atomic E-state index is 13.5. The number of hydrogen-bond donors (Lipinski definition) is 1. The quantitative estimate of drug-likeness (QED) is 0.181. The molecule has 3 heterocycles. The van der Waals surface area contributed by atoms with Crippen LogP contribution < -0.4 is 29.2 Å². The normalized spacial score (nSPS) is 13.1. The van der Waals surface area contributed by atoms with E-state index in [-0.39, 0.29) is 18.4 Å². The van der Waals surface area contributed by atoms with Gasteiger partial charge in [-0.1, -0.05) is 12.5 Å². The van der Waals surface area contributed by atoms with Gasteiger partial charge in [-0.3, -0.25) is 9.88 Å². The second kappa shape index (κ2) is 15.5. The van der Waals surface area contributed by atoms with Crippen LogP contribution in [-0.2, 0) is 6.54 Å². The van der Waals surface area contributed by atoms with Crippen LogP contribution in [0.3, 0.4) is 0 Å². The molecule has 0 saturated carbocycles. The van der Waals surface area contributed by atoms with Gasteiger partial charge in [0.1, 0.15) is 17.2 Å². The first-order valence-electron chi connectivity index (χ1n) is 14.8. The number of nitrogens with one attached hydrogen (secondary N) is 1. The molecule has 11 nitrogen and oxygen atoms in total. The number of amides is 1. The maximum Gasteiger partial charge on any atom is 0.421 e. The summed E-state index contributed by atoms with van der Waals surface area (Å²) in [5.41, 5.74) is 2.08. The van der Waals surface area contributed by atoms with Gasteiger partial charge in [-0.25, -0.2) is 9.78 Å². The van der Waals surface area contributed by atoms with Crippen molar-refractivity contribution in [3.8, 4) is 23.1 Å². The summed E-state index contributed by atoms with van der Waals surface area (Å²) in [6.45, 7) is 4.35. The monoisotopic (exact) mass is 598 g/mol. The smallest absolute Gasteiger partial charge is 0.421 e. The van der Waals surface area contributed by atoms with Gasteiger partial charge in [0, 0.05) is 43.0 Å². The fourth-order valence-corrected chi connectivity index (χ4v) is 4.96. The number of hydrogen-bond acceptors (Lipinski definition) is 10. The molecule has 0 atom stereocenters. The zero-order valence-corrected chi connectivity index (χ0v) is 25.1. The predicted octanol–water partition coefficient (Wildman–Crippen LogP) is 6.09. The van der Waals surface area contributed by atoms with Crippen LogP contribution in [0, 0.1) is 0 Å². The van der Waals surface area contributed by atoms with Crippen LogP contribution in [0.15, 0.2) is 79.3 Å². The Morgan fingerprint density at radius 2 is 1.77 bits per heavy atom. The largest absolute Gasteiger partial charge is 0.497 e. The summed E-state index contributed by atoms with van der Waals surface area (Å²) in [4.78, 5) is 30.4. The number of likely N-dealkylation sites (tertiary alicyclic amines) is 1. The van der Waals surface area contributed by atoms with Gasteiger partial charge in [-0.15, -0.1) is 0 Å². The summed E-state index contributed by atoms with van der Waals surface area (Å²) >= 11 is 0. The second-order valence-corrected chi connectivity index (χ2v) is 10.3. The lowest BCUT2D eigenvalue weighted by Gasteiger charge is -2.26. The molecular weight excluding hydrogens is 560 g/mol. The molecule has 44 heavy (non-hydrogen) atoms. The molecule has 0 radical (unpaired) electrons. The van der Waals surface area contributed by atoms with Gasteiger partial charge in [0.05, 0.1) is 33.1 Å². The SMILES string of the molecule is COc1ccc(N(Cc2cccnc2)C(=O)Oc2ccnc(Nc3ccc(OCCCN4CCCCC4)cc3)n2)c(OC)c1. The highest BCUT2D eigenvalue weighted by molar-refractivity contribution is 5.91. The van der Waals surface area contributed by atoms with Crippen molar-refractivity contribution in [3.63, 3.8) is 0 Å². The highest BCUT2D eigenvalue weighted by atomic mass is 16.6. The molecule has 1 fully saturated rings. The number of carbonyl (C=O) groups excluding carboxylic acids is 1. The van der Waals surface area contributed by atoms with Crippen LogP contribution in [0.4, 0.5) is 22.1 Å². The first-order chi connectivity index (χ1) is 21.6. The van der Waals surface area contributed by atoms with E-state index in [0.29, 0.717) is 23.8 Å². The number of benzene rings is 2. The van der Waals surface area contributed by atoms with Crippen LogP contribution >= 0.6 is 0 Å². The van der Waals surface area contributed by atoms with E-state index in [9.17, 15) is 4.79 Å². The van der Waals surface area contributed by atoms with Gasteiger partial charge in [-0.05, 0) is 80.4 Å². The van der Waals surface area contributed by atoms with E-state index in [1.807, 2.05) is 36.4 Å². The Morgan fingerprint density at radius 3 is 2.52 bits per heavy atom. The van der Waals surface area contributed by atoms with E-state index < -0.39 is 6.09 Å². The summed E-state index contributed by atoms with van der Waals surface area (Å²) < 4.78 is 22.5. The lowest BCUT2D eigenvalue weighted by atomic mass is 10.1. The number of anilines is 3. The summed E-state index contributed by atoms with van der Waals surface area (Å²) in [5, 5.41) is 3.16. The summed E-state index contributed by atoms with van der Waals surface area (Å²) in [6, 6.07) is 18.0. The van der Waals surface area contributed by atoms with Crippen molar-refractivity contribution in [1.82, 2.24) is 19.9 Å². The molecule has 1 N–H and O–H groups in total. The Balaban J connectivity index is 1.21. The minimum Gasteiger partial charge on any atom is -0.497 e. The molecule has 230 valence electrons. The molecule has 0 unspecified atom stereocenters. The highest BCUT2D eigenvalue weighted by Crippen LogP contribution is 2.34. The first kappa shape index (κ1) is 30.6. The number of rotatable bonds is 13. The lowest BCUT2D eigenvalue weighted by Crippen LogP contribution is -2.33. The average Bonchev–Trinajstić information content (AvgIpc) is 3.07. The van der Waals surface area contributed by atoms with Gasteiger partial charge < -0.3 is 29.2 Å². The molecule has 2 aromatic carbocycles. The summed E-state index contributed by atoms with van der Waals surface area (Å²) in [5.74, 6) is 2.22. The van der Waals surface area contributed by atoms with Gasteiger partial charge in [0.15, 0.2) is 0 Å². The molecule has 1 saturated heterocycles. The van der Waals surface area contributed by atoms with Crippen LogP contribution in [0.5, 0.6) is 23.1 Å². The molecular formula is C33H38N6O5. The number of ether oxygens (including phenoxy) is 4. The average molecular weight is 599 g/mol. The molecule has 5 rings (SSSR count). The van der Waals surface area contributed by atoms with Gasteiger partial charge in [0.2, 0.25) is 11.8 Å². The van der Waals surface area contributed by atoms with Crippen molar-refractivity contribution in [2.24, 2.45) is 0 Å². The standard InChI is InChI=1S/C33H38N6O5/c1-41-28-13-14-29(30(22-28)42-2)39(24-25-8-6-16-34-23-25)33(40)44-31-15-17-35-32(37-31)36-26-9-11-27(12-10-26)43-21-7-20-38-18-4-3-5-19-38/h6,8-17,22-23H,3-5,7,18-21,24H2,1-2H3,(H,35,36,37). The van der Waals surface area contributed by atoms with Crippen LogP contribution in [-0.4, -0.2) is 66.4 Å². The minimum absolute atomic E-state index is 0.0878. The Kier molecular flexibility index (Phi) is 10.8. The van der Waals surface area contributed by atoms with Crippen molar-refractivity contribution in [2.75, 3.05) is 50.7 Å². The van der Waals surface area contributed by atoms with Gasteiger partial charge in [0.25, 0.3) is 0 Å². The van der Waals surface area contributed by atoms with Crippen molar-refractivity contribution >= 4 is 23.4 Å². The fraction of sp³-hybridized carbons (Fsp3) is 0.333. The van der Waals surface area contributed by atoms with Crippen LogP contribution in [0.25, 0.3) is 0 Å². The fourth-order valence-electron chi connectivity index (χ4n) is 4.96. The Labute approximate surface area is 257 Å². The number of nitrogens with zero attached hydrogens (tertiary/aromatic N) is 5. The number of pyridine rings is 1. The number of methoxy groups -OCH3 is 2. The number of carbonyl (C=O) groups is 1. The van der Waals surface area contributed by atoms with E-state index in [4.69, 9.17) is 18.9 Å². The van der Waals surface area contributed by atoms with Crippen molar-refractivity contribution < 1.29 is 23.7 Å². The third-order valence-electron chi connectivity index (χ3n) is 7.23. The van der Waals surface area contributed by atoms with E-state index >= 15 is 0 Å². The molecule has 1 aliphatic rings. The predicted molar refractivity (Wildman–Crippen MR) is 168 cm³/mol. The van der Waals surface area contributed by atoms with E-state index in [2.05, 4.69) is 25.2 Å². The number of piperidine rings is 1. The minimum atomic E-state index is -0.649. The van der Waals surface area contributed by atoms with E-state index in [0.717, 1.165) is 30.0 Å². The van der Waals surface area contributed by atoms with E-state index in [1.165, 1.54) is 56.6 Å². The topological polar surface area (TPSA) is 111 Å². The molecule has 11 heteroatoms. The Morgan fingerprint density at radius 1 is 0.955 bits per heavy atom. The van der Waals surface area contributed by atoms with Crippen LogP contribution in [0.2, 0.25) is 0 Å². The zero-order valence-electron chi connectivity index (χ0n) is 25.1. The molecule has 0 spiro atoms. The Bertz CT molecular complexity index is 1480. The molecule has 0 aliphatic carbocycles. The molecule has 4 aromatic rings.